The summed E-state index contributed by atoms with van der Waals surface area (Å²) in [5, 5.41) is 2.16. The molecule has 4 aromatic rings. The van der Waals surface area contributed by atoms with E-state index < -0.39 is 0 Å². The van der Waals surface area contributed by atoms with E-state index in [0.717, 1.165) is 22.2 Å². The fraction of sp³-hybridized carbons (Fsp3) is 0.0588. The third-order valence-corrected chi connectivity index (χ3v) is 3.70. The molecular formula is C17H13N5O. The Morgan fingerprint density at radius 3 is 3.00 bits per heavy atom. The number of benzene rings is 1. The normalized spacial score (nSPS) is 11.0. The molecule has 0 atom stereocenters. The molecule has 6 heteroatoms. The van der Waals surface area contributed by atoms with E-state index >= 15 is 0 Å². The van der Waals surface area contributed by atoms with Crippen LogP contribution < -0.4 is 5.56 Å². The van der Waals surface area contributed by atoms with Gasteiger partial charge in [0.1, 0.15) is 5.82 Å². The molecular weight excluding hydrogens is 290 g/mol. The van der Waals surface area contributed by atoms with Crippen LogP contribution in [0.4, 0.5) is 0 Å². The summed E-state index contributed by atoms with van der Waals surface area (Å²) in [4.78, 5) is 26.8. The summed E-state index contributed by atoms with van der Waals surface area (Å²) >= 11 is 0. The van der Waals surface area contributed by atoms with E-state index in [4.69, 9.17) is 0 Å². The zero-order valence-electron chi connectivity index (χ0n) is 12.2. The van der Waals surface area contributed by atoms with Crippen LogP contribution in [0.5, 0.6) is 0 Å². The molecule has 23 heavy (non-hydrogen) atoms. The average molecular weight is 303 g/mol. The quantitative estimate of drug-likeness (QED) is 0.629. The molecule has 1 aromatic carbocycles. The van der Waals surface area contributed by atoms with E-state index in [1.807, 2.05) is 41.2 Å². The zero-order chi connectivity index (χ0) is 15.6. The predicted octanol–water partition coefficient (Wildman–Crippen LogP) is 2.23. The van der Waals surface area contributed by atoms with Crippen LogP contribution in [0.3, 0.4) is 0 Å². The van der Waals surface area contributed by atoms with Gasteiger partial charge in [-0.15, -0.1) is 0 Å². The number of pyridine rings is 1. The number of aromatic amines is 1. The third-order valence-electron chi connectivity index (χ3n) is 3.70. The molecule has 0 aliphatic rings. The number of H-pyrrole nitrogens is 1. The van der Waals surface area contributed by atoms with Crippen molar-refractivity contribution in [2.75, 3.05) is 0 Å². The molecule has 0 aliphatic carbocycles. The van der Waals surface area contributed by atoms with Crippen molar-refractivity contribution in [3.05, 3.63) is 77.5 Å². The molecule has 0 fully saturated rings. The van der Waals surface area contributed by atoms with Crippen molar-refractivity contribution in [1.29, 1.82) is 0 Å². The van der Waals surface area contributed by atoms with Gasteiger partial charge in [-0.2, -0.15) is 0 Å². The maximum Gasteiger partial charge on any atom is 0.250 e. The maximum atomic E-state index is 11.4. The van der Waals surface area contributed by atoms with Crippen LogP contribution in [0.1, 0.15) is 5.69 Å². The number of imidazole rings is 1. The van der Waals surface area contributed by atoms with Gasteiger partial charge in [-0.05, 0) is 11.5 Å². The lowest BCUT2D eigenvalue weighted by atomic mass is 10.1. The Kier molecular flexibility index (Phi) is 3.20. The van der Waals surface area contributed by atoms with Gasteiger partial charge in [0.25, 0.3) is 5.56 Å². The van der Waals surface area contributed by atoms with Crippen LogP contribution in [0.15, 0.2) is 66.2 Å². The first-order valence-electron chi connectivity index (χ1n) is 7.19. The number of hydrogen-bond acceptors (Lipinski definition) is 4. The van der Waals surface area contributed by atoms with Crippen molar-refractivity contribution >= 4 is 10.8 Å². The van der Waals surface area contributed by atoms with Gasteiger partial charge in [-0.1, -0.05) is 18.2 Å². The highest BCUT2D eigenvalue weighted by atomic mass is 16.1. The Balaban J connectivity index is 1.81. The van der Waals surface area contributed by atoms with Crippen molar-refractivity contribution in [3.8, 4) is 11.4 Å². The van der Waals surface area contributed by atoms with Gasteiger partial charge in [0.2, 0.25) is 0 Å². The zero-order valence-corrected chi connectivity index (χ0v) is 12.2. The average Bonchev–Trinajstić information content (AvgIpc) is 3.02. The van der Waals surface area contributed by atoms with Crippen LogP contribution in [0.2, 0.25) is 0 Å². The number of hydrogen-bond donors (Lipinski definition) is 1. The minimum Gasteiger partial charge on any atom is -0.325 e. The van der Waals surface area contributed by atoms with E-state index in [9.17, 15) is 4.79 Å². The van der Waals surface area contributed by atoms with Crippen LogP contribution in [0, 0.1) is 0 Å². The molecule has 0 radical (unpaired) electrons. The van der Waals surface area contributed by atoms with E-state index in [1.54, 1.807) is 12.4 Å². The first-order chi connectivity index (χ1) is 11.3. The van der Waals surface area contributed by atoms with E-state index in [2.05, 4.69) is 19.9 Å². The largest absolute Gasteiger partial charge is 0.325 e. The summed E-state index contributed by atoms with van der Waals surface area (Å²) in [7, 11) is 0. The monoisotopic (exact) mass is 303 g/mol. The summed E-state index contributed by atoms with van der Waals surface area (Å²) in [6, 6.07) is 9.53. The summed E-state index contributed by atoms with van der Waals surface area (Å²) < 4.78 is 1.98. The molecule has 3 heterocycles. The van der Waals surface area contributed by atoms with E-state index in [1.165, 1.54) is 12.4 Å². The lowest BCUT2D eigenvalue weighted by Crippen LogP contribution is -2.10. The standard InChI is InChI=1S/C17H13N5O/c23-16-8-13(20-11-21-16)10-22-7-6-19-17(22)15-3-1-2-12-9-18-5-4-14(12)15/h1-9,11H,10H2,(H,20,21,23). The highest BCUT2D eigenvalue weighted by molar-refractivity contribution is 5.94. The topological polar surface area (TPSA) is 76.5 Å². The molecule has 0 unspecified atom stereocenters. The number of fused-ring (bicyclic) bond motifs is 1. The molecule has 0 spiro atoms. The van der Waals surface area contributed by atoms with E-state index in [0.29, 0.717) is 12.2 Å². The van der Waals surface area contributed by atoms with Crippen LogP contribution in [-0.2, 0) is 6.54 Å². The predicted molar refractivity (Wildman–Crippen MR) is 86.9 cm³/mol. The number of rotatable bonds is 3. The molecule has 0 saturated heterocycles. The van der Waals surface area contributed by atoms with Crippen molar-refractivity contribution in [2.24, 2.45) is 0 Å². The van der Waals surface area contributed by atoms with Crippen molar-refractivity contribution in [1.82, 2.24) is 24.5 Å². The molecule has 6 nitrogen and oxygen atoms in total. The Labute approximate surface area is 131 Å². The molecule has 0 aliphatic heterocycles. The lowest BCUT2D eigenvalue weighted by Gasteiger charge is -2.09. The van der Waals surface area contributed by atoms with Gasteiger partial charge in [-0.25, -0.2) is 9.97 Å². The highest BCUT2D eigenvalue weighted by Crippen LogP contribution is 2.27. The van der Waals surface area contributed by atoms with Gasteiger partial charge < -0.3 is 9.55 Å². The lowest BCUT2D eigenvalue weighted by molar-refractivity contribution is 0.775. The molecule has 1 N–H and O–H groups in total. The SMILES string of the molecule is O=c1cc(Cn2ccnc2-c2cccc3cnccc23)nc[nH]1. The van der Waals surface area contributed by atoms with Gasteiger partial charge in [-0.3, -0.25) is 9.78 Å². The molecule has 112 valence electrons. The smallest absolute Gasteiger partial charge is 0.250 e. The Morgan fingerprint density at radius 1 is 1.13 bits per heavy atom. The maximum absolute atomic E-state index is 11.4. The van der Waals surface area contributed by atoms with Crippen molar-refractivity contribution in [2.45, 2.75) is 6.54 Å². The highest BCUT2D eigenvalue weighted by Gasteiger charge is 2.10. The first-order valence-corrected chi connectivity index (χ1v) is 7.19. The first kappa shape index (κ1) is 13.4. The summed E-state index contributed by atoms with van der Waals surface area (Å²) in [5.41, 5.74) is 1.56. The van der Waals surface area contributed by atoms with Crippen LogP contribution in [-0.4, -0.2) is 24.5 Å². The fourth-order valence-corrected chi connectivity index (χ4v) is 2.67. The molecule has 0 bridgehead atoms. The number of nitrogens with one attached hydrogen (secondary N) is 1. The fourth-order valence-electron chi connectivity index (χ4n) is 2.67. The Hall–Kier alpha value is -3.28. The van der Waals surface area contributed by atoms with Gasteiger partial charge in [0, 0.05) is 41.8 Å². The summed E-state index contributed by atoms with van der Waals surface area (Å²) in [6.45, 7) is 0.487. The third kappa shape index (κ3) is 2.50. The van der Waals surface area contributed by atoms with E-state index in [-0.39, 0.29) is 5.56 Å². The van der Waals surface area contributed by atoms with Crippen LogP contribution in [0.25, 0.3) is 22.2 Å². The summed E-state index contributed by atoms with van der Waals surface area (Å²) in [6.07, 6.45) is 8.67. The molecule has 0 saturated carbocycles. The second-order valence-electron chi connectivity index (χ2n) is 5.18. The second-order valence-corrected chi connectivity index (χ2v) is 5.18. The van der Waals surface area contributed by atoms with Gasteiger partial charge in [0.05, 0.1) is 18.6 Å². The summed E-state index contributed by atoms with van der Waals surface area (Å²) in [5.74, 6) is 0.837. The van der Waals surface area contributed by atoms with Crippen molar-refractivity contribution in [3.63, 3.8) is 0 Å². The second kappa shape index (κ2) is 5.49. The minimum atomic E-state index is -0.159. The van der Waals surface area contributed by atoms with Crippen molar-refractivity contribution < 1.29 is 0 Å². The molecule has 3 aromatic heterocycles. The molecule has 4 rings (SSSR count). The number of aromatic nitrogens is 5. The number of nitrogens with zero attached hydrogens (tertiary/aromatic N) is 4. The minimum absolute atomic E-state index is 0.159. The van der Waals surface area contributed by atoms with Gasteiger partial charge >= 0.3 is 0 Å². The van der Waals surface area contributed by atoms with Gasteiger partial charge in [0.15, 0.2) is 0 Å². The Bertz CT molecular complexity index is 1030. The van der Waals surface area contributed by atoms with Crippen LogP contribution >= 0.6 is 0 Å². The molecule has 0 amide bonds. The Morgan fingerprint density at radius 2 is 2.09 bits per heavy atom.